The van der Waals surface area contributed by atoms with Crippen molar-refractivity contribution in [2.45, 2.75) is 38.2 Å². The van der Waals surface area contributed by atoms with Crippen molar-refractivity contribution < 1.29 is 22.4 Å². The number of carbonyl (C=O) groups is 1. The largest absolute Gasteiger partial charge is 0.489 e. The van der Waals surface area contributed by atoms with E-state index in [1.165, 1.54) is 23.4 Å². The van der Waals surface area contributed by atoms with Crippen LogP contribution in [0.25, 0.3) is 0 Å². The van der Waals surface area contributed by atoms with Crippen LogP contribution >= 0.6 is 0 Å². The van der Waals surface area contributed by atoms with Crippen molar-refractivity contribution in [3.05, 3.63) is 52.1 Å². The van der Waals surface area contributed by atoms with Crippen LogP contribution in [0.2, 0.25) is 0 Å². The number of carbonyl (C=O) groups excluding carboxylic acids is 1. The van der Waals surface area contributed by atoms with Crippen LogP contribution in [0.15, 0.2) is 44.4 Å². The van der Waals surface area contributed by atoms with E-state index in [1.807, 2.05) is 0 Å². The molecule has 0 saturated carbocycles. The number of aryl methyl sites for hydroxylation is 2. The molecule has 0 spiro atoms. The molecule has 1 atom stereocenters. The van der Waals surface area contributed by atoms with Crippen LogP contribution < -0.4 is 15.7 Å². The molecule has 1 N–H and O–H groups in total. The first-order valence-corrected chi connectivity index (χ1v) is 10.3. The minimum atomic E-state index is -3.70. The number of sulfonamides is 1. The molecule has 0 radical (unpaired) electrons. The van der Waals surface area contributed by atoms with Crippen molar-refractivity contribution in [2.75, 3.05) is 18.4 Å². The second-order valence-corrected chi connectivity index (χ2v) is 8.68. The number of hydrogen-bond donors (Lipinski definition) is 1. The lowest BCUT2D eigenvalue weighted by Crippen LogP contribution is -2.31. The topological polar surface area (TPSA) is 106 Å². The van der Waals surface area contributed by atoms with Crippen LogP contribution in [0.4, 0.5) is 5.69 Å². The number of benzene rings is 1. The molecule has 8 nitrogen and oxygen atoms in total. The van der Waals surface area contributed by atoms with E-state index in [2.05, 4.69) is 5.32 Å². The smallest absolute Gasteiger partial charge is 0.339 e. The highest BCUT2D eigenvalue weighted by Gasteiger charge is 2.34. The molecule has 1 fully saturated rings. The molecule has 0 aliphatic carbocycles. The molecule has 28 heavy (non-hydrogen) atoms. The van der Waals surface area contributed by atoms with Crippen LogP contribution in [0.1, 0.15) is 24.7 Å². The standard InChI is InChI=1S/C19H22N2O6S/c1-12-8-15(20-14(3)22)4-5-18(12)28(24,25)21-7-6-16(11-21)27-17-9-13(2)26-19(23)10-17/h4-5,8-10,16H,6-7,11H2,1-3H3,(H,20,22). The molecule has 1 aromatic carbocycles. The highest BCUT2D eigenvalue weighted by molar-refractivity contribution is 7.89. The third kappa shape index (κ3) is 4.42. The first-order valence-electron chi connectivity index (χ1n) is 8.82. The van der Waals surface area contributed by atoms with Gasteiger partial charge >= 0.3 is 5.63 Å². The minimum absolute atomic E-state index is 0.189. The van der Waals surface area contributed by atoms with Crippen molar-refractivity contribution in [1.82, 2.24) is 4.31 Å². The predicted molar refractivity (Wildman–Crippen MR) is 103 cm³/mol. The van der Waals surface area contributed by atoms with E-state index in [0.717, 1.165) is 0 Å². The molecule has 1 aromatic heterocycles. The lowest BCUT2D eigenvalue weighted by molar-refractivity contribution is -0.114. The van der Waals surface area contributed by atoms with Gasteiger partial charge in [-0.05, 0) is 44.0 Å². The number of nitrogens with zero attached hydrogens (tertiary/aromatic N) is 1. The summed E-state index contributed by atoms with van der Waals surface area (Å²) in [6.07, 6.45) is 0.163. The highest BCUT2D eigenvalue weighted by atomic mass is 32.2. The highest BCUT2D eigenvalue weighted by Crippen LogP contribution is 2.27. The molecule has 1 amide bonds. The predicted octanol–water partition coefficient (Wildman–Crippen LogP) is 2.06. The quantitative estimate of drug-likeness (QED) is 0.815. The molecule has 1 aliphatic rings. The van der Waals surface area contributed by atoms with Gasteiger partial charge in [0.25, 0.3) is 0 Å². The van der Waals surface area contributed by atoms with Crippen molar-refractivity contribution >= 4 is 21.6 Å². The minimum Gasteiger partial charge on any atom is -0.489 e. The van der Waals surface area contributed by atoms with Crippen LogP contribution in [0, 0.1) is 13.8 Å². The Morgan fingerprint density at radius 1 is 1.25 bits per heavy atom. The normalized spacial score (nSPS) is 17.5. The third-order valence-electron chi connectivity index (χ3n) is 4.39. The second-order valence-electron chi connectivity index (χ2n) is 6.78. The van der Waals surface area contributed by atoms with E-state index in [1.54, 1.807) is 32.0 Å². The molecule has 9 heteroatoms. The summed E-state index contributed by atoms with van der Waals surface area (Å²) in [5, 5.41) is 2.64. The maximum Gasteiger partial charge on any atom is 0.339 e. The van der Waals surface area contributed by atoms with Crippen LogP contribution in [0.5, 0.6) is 5.75 Å². The molecule has 3 rings (SSSR count). The zero-order valence-corrected chi connectivity index (χ0v) is 16.7. The maximum atomic E-state index is 13.0. The van der Waals surface area contributed by atoms with Gasteiger partial charge in [0, 0.05) is 25.2 Å². The lowest BCUT2D eigenvalue weighted by atomic mass is 10.2. The molecule has 1 saturated heterocycles. The Morgan fingerprint density at radius 3 is 2.64 bits per heavy atom. The number of nitrogens with one attached hydrogen (secondary N) is 1. The monoisotopic (exact) mass is 406 g/mol. The molecule has 150 valence electrons. The van der Waals surface area contributed by atoms with Crippen molar-refractivity contribution in [1.29, 1.82) is 0 Å². The molecule has 1 unspecified atom stereocenters. The Bertz CT molecular complexity index is 1060. The average molecular weight is 406 g/mol. The molecule has 2 aromatic rings. The maximum absolute atomic E-state index is 13.0. The number of hydrogen-bond acceptors (Lipinski definition) is 6. The summed E-state index contributed by atoms with van der Waals surface area (Å²) >= 11 is 0. The summed E-state index contributed by atoms with van der Waals surface area (Å²) in [5.41, 5.74) is 0.587. The van der Waals surface area contributed by atoms with Gasteiger partial charge < -0.3 is 14.5 Å². The van der Waals surface area contributed by atoms with E-state index in [9.17, 15) is 18.0 Å². The Labute approximate surface area is 163 Å². The van der Waals surface area contributed by atoms with E-state index in [-0.39, 0.29) is 23.5 Å². The van der Waals surface area contributed by atoms with E-state index >= 15 is 0 Å². The van der Waals surface area contributed by atoms with Crippen molar-refractivity contribution in [2.24, 2.45) is 0 Å². The van der Waals surface area contributed by atoms with Crippen LogP contribution in [-0.4, -0.2) is 37.8 Å². The van der Waals surface area contributed by atoms with Crippen LogP contribution in [-0.2, 0) is 14.8 Å². The zero-order chi connectivity index (χ0) is 20.5. The summed E-state index contributed by atoms with van der Waals surface area (Å²) in [6, 6.07) is 7.54. The molecular formula is C19H22N2O6S. The summed E-state index contributed by atoms with van der Waals surface area (Å²) in [6.45, 7) is 5.23. The molecular weight excluding hydrogens is 384 g/mol. The fourth-order valence-corrected chi connectivity index (χ4v) is 4.90. The number of anilines is 1. The van der Waals surface area contributed by atoms with Crippen molar-refractivity contribution in [3.8, 4) is 5.75 Å². The van der Waals surface area contributed by atoms with Gasteiger partial charge in [0.15, 0.2) is 0 Å². The van der Waals surface area contributed by atoms with Gasteiger partial charge in [-0.25, -0.2) is 13.2 Å². The molecule has 2 heterocycles. The van der Waals surface area contributed by atoms with Gasteiger partial charge in [-0.2, -0.15) is 4.31 Å². The number of rotatable bonds is 5. The van der Waals surface area contributed by atoms with Gasteiger partial charge in [-0.3, -0.25) is 4.79 Å². The van der Waals surface area contributed by atoms with Crippen LogP contribution in [0.3, 0.4) is 0 Å². The number of amides is 1. The first-order chi connectivity index (χ1) is 13.1. The summed E-state index contributed by atoms with van der Waals surface area (Å²) in [5.74, 6) is 0.577. The lowest BCUT2D eigenvalue weighted by Gasteiger charge is -2.19. The Hall–Kier alpha value is -2.65. The fraction of sp³-hybridized carbons (Fsp3) is 0.368. The SMILES string of the molecule is CC(=O)Nc1ccc(S(=O)(=O)N2CCC(Oc3cc(C)oc(=O)c3)C2)c(C)c1. The fourth-order valence-electron chi connectivity index (χ4n) is 3.21. The van der Waals surface area contributed by atoms with Crippen molar-refractivity contribution in [3.63, 3.8) is 0 Å². The Morgan fingerprint density at radius 2 is 2.00 bits per heavy atom. The van der Waals surface area contributed by atoms with E-state index < -0.39 is 15.6 Å². The average Bonchev–Trinajstić information content (AvgIpc) is 3.02. The molecule has 0 bridgehead atoms. The summed E-state index contributed by atoms with van der Waals surface area (Å²) in [4.78, 5) is 22.8. The zero-order valence-electron chi connectivity index (χ0n) is 15.9. The van der Waals surface area contributed by atoms with E-state index in [4.69, 9.17) is 9.15 Å². The van der Waals surface area contributed by atoms with Gasteiger partial charge in [0.05, 0.1) is 17.5 Å². The summed E-state index contributed by atoms with van der Waals surface area (Å²) in [7, 11) is -3.70. The van der Waals surface area contributed by atoms with Gasteiger partial charge in [-0.15, -0.1) is 0 Å². The van der Waals surface area contributed by atoms with Gasteiger partial charge in [0.1, 0.15) is 17.6 Å². The second kappa shape index (κ2) is 7.76. The van der Waals surface area contributed by atoms with E-state index in [0.29, 0.717) is 35.7 Å². The van der Waals surface area contributed by atoms with Gasteiger partial charge in [-0.1, -0.05) is 0 Å². The molecule has 1 aliphatic heterocycles. The first kappa shape index (κ1) is 20.1. The number of ether oxygens (including phenoxy) is 1. The van der Waals surface area contributed by atoms with Gasteiger partial charge in [0.2, 0.25) is 15.9 Å². The summed E-state index contributed by atoms with van der Waals surface area (Å²) < 4.78 is 38.1. The Balaban J connectivity index is 1.75. The Kier molecular flexibility index (Phi) is 5.57. The third-order valence-corrected chi connectivity index (χ3v) is 6.42.